The lowest BCUT2D eigenvalue weighted by molar-refractivity contribution is -0.0715. The third kappa shape index (κ3) is 1.69. The van der Waals surface area contributed by atoms with Gasteiger partial charge in [-0.3, -0.25) is 0 Å². The van der Waals surface area contributed by atoms with Gasteiger partial charge in [-0.15, -0.1) is 0 Å². The molecule has 0 bridgehead atoms. The molecular weight excluding hydrogens is 176 g/mol. The largest absolute Gasteiger partial charge is 0.389 e. The molecule has 0 amide bonds. The summed E-state index contributed by atoms with van der Waals surface area (Å²) < 4.78 is 0. The lowest BCUT2D eigenvalue weighted by Crippen LogP contribution is -2.52. The molecule has 0 aromatic rings. The molecule has 3 atom stereocenters. The van der Waals surface area contributed by atoms with Crippen LogP contribution in [0, 0.1) is 5.92 Å². The van der Waals surface area contributed by atoms with E-state index in [2.05, 4.69) is 11.8 Å². The zero-order valence-electron chi connectivity index (χ0n) is 9.08. The van der Waals surface area contributed by atoms with Crippen LogP contribution >= 0.6 is 0 Å². The Hall–Kier alpha value is -0.120. The van der Waals surface area contributed by atoms with Crippen molar-refractivity contribution < 1.29 is 5.11 Å². The second-order valence-electron chi connectivity index (χ2n) is 5.03. The van der Waals surface area contributed by atoms with Gasteiger partial charge in [0.25, 0.3) is 0 Å². The number of nitrogens with zero attached hydrogens (tertiary/aromatic N) is 1. The van der Waals surface area contributed by atoms with Crippen LogP contribution < -0.4 is 5.73 Å². The zero-order valence-corrected chi connectivity index (χ0v) is 9.08. The highest BCUT2D eigenvalue weighted by Gasteiger charge is 2.42. The molecule has 0 radical (unpaired) electrons. The van der Waals surface area contributed by atoms with Gasteiger partial charge in [-0.25, -0.2) is 0 Å². The van der Waals surface area contributed by atoms with Crippen LogP contribution in [0.1, 0.15) is 32.6 Å². The Morgan fingerprint density at radius 2 is 2.36 bits per heavy atom. The first-order valence-electron chi connectivity index (χ1n) is 5.82. The van der Waals surface area contributed by atoms with Gasteiger partial charge in [-0.1, -0.05) is 6.92 Å². The van der Waals surface area contributed by atoms with E-state index in [4.69, 9.17) is 5.73 Å². The lowest BCUT2D eigenvalue weighted by Gasteiger charge is -2.43. The Bertz CT molecular complexity index is 209. The zero-order chi connectivity index (χ0) is 10.2. The highest BCUT2D eigenvalue weighted by molar-refractivity contribution is 4.97. The minimum atomic E-state index is -0.486. The molecule has 3 nitrogen and oxygen atoms in total. The van der Waals surface area contributed by atoms with Gasteiger partial charge in [-0.05, 0) is 44.7 Å². The summed E-state index contributed by atoms with van der Waals surface area (Å²) in [5, 5.41) is 10.5. The number of piperidine rings is 1. The summed E-state index contributed by atoms with van der Waals surface area (Å²) in [6.45, 7) is 4.97. The summed E-state index contributed by atoms with van der Waals surface area (Å²) in [7, 11) is 0. The summed E-state index contributed by atoms with van der Waals surface area (Å²) in [6, 6.07) is 0.628. The fourth-order valence-corrected chi connectivity index (χ4v) is 2.93. The molecule has 2 aliphatic rings. The summed E-state index contributed by atoms with van der Waals surface area (Å²) in [5.41, 5.74) is 5.17. The first kappa shape index (κ1) is 10.4. The van der Waals surface area contributed by atoms with E-state index in [0.717, 1.165) is 19.4 Å². The molecule has 2 saturated heterocycles. The Morgan fingerprint density at radius 1 is 1.57 bits per heavy atom. The number of aliphatic hydroxyl groups is 1. The van der Waals surface area contributed by atoms with E-state index in [9.17, 15) is 5.11 Å². The molecule has 2 heterocycles. The van der Waals surface area contributed by atoms with Gasteiger partial charge in [0.1, 0.15) is 0 Å². The normalized spacial score (nSPS) is 40.9. The third-order valence-corrected chi connectivity index (χ3v) is 4.19. The molecule has 82 valence electrons. The third-order valence-electron chi connectivity index (χ3n) is 4.19. The van der Waals surface area contributed by atoms with Crippen molar-refractivity contribution in [2.24, 2.45) is 11.7 Å². The second kappa shape index (κ2) is 3.80. The molecule has 3 unspecified atom stereocenters. The Kier molecular flexibility index (Phi) is 2.82. The average molecular weight is 198 g/mol. The smallest absolute Gasteiger partial charge is 0.0712 e. The van der Waals surface area contributed by atoms with E-state index in [1.165, 1.54) is 19.4 Å². The van der Waals surface area contributed by atoms with Gasteiger partial charge < -0.3 is 15.7 Å². The first-order chi connectivity index (χ1) is 6.65. The van der Waals surface area contributed by atoms with Crippen molar-refractivity contribution in [1.29, 1.82) is 0 Å². The molecular formula is C11H22N2O. The van der Waals surface area contributed by atoms with Crippen molar-refractivity contribution in [2.45, 2.75) is 44.2 Å². The van der Waals surface area contributed by atoms with Crippen LogP contribution in [0.3, 0.4) is 0 Å². The van der Waals surface area contributed by atoms with E-state index < -0.39 is 5.60 Å². The molecule has 0 aromatic carbocycles. The number of fused-ring (bicyclic) bond motifs is 1. The maximum atomic E-state index is 10.5. The van der Waals surface area contributed by atoms with Gasteiger partial charge in [0.15, 0.2) is 0 Å². The number of hydrogen-bond donors (Lipinski definition) is 2. The average Bonchev–Trinajstić information content (AvgIpc) is 2.63. The Morgan fingerprint density at radius 3 is 3.07 bits per heavy atom. The van der Waals surface area contributed by atoms with Gasteiger partial charge in [0.2, 0.25) is 0 Å². The molecule has 3 N–H and O–H groups in total. The van der Waals surface area contributed by atoms with E-state index >= 15 is 0 Å². The van der Waals surface area contributed by atoms with Gasteiger partial charge in [0.05, 0.1) is 5.60 Å². The standard InChI is InChI=1S/C11H22N2O/c1-9(8-12)11(14)4-6-13-5-2-3-10(13)7-11/h9-10,14H,2-8,12H2,1H3. The minimum Gasteiger partial charge on any atom is -0.389 e. The van der Waals surface area contributed by atoms with Gasteiger partial charge in [0, 0.05) is 12.6 Å². The van der Waals surface area contributed by atoms with Gasteiger partial charge >= 0.3 is 0 Å². The number of hydrogen-bond acceptors (Lipinski definition) is 3. The van der Waals surface area contributed by atoms with Crippen LogP contribution in [-0.4, -0.2) is 41.3 Å². The van der Waals surface area contributed by atoms with Crippen molar-refractivity contribution in [2.75, 3.05) is 19.6 Å². The molecule has 0 saturated carbocycles. The summed E-state index contributed by atoms with van der Waals surface area (Å²) in [5.74, 6) is 0.241. The van der Waals surface area contributed by atoms with Crippen LogP contribution in [0.5, 0.6) is 0 Å². The van der Waals surface area contributed by atoms with Crippen molar-refractivity contribution in [3.63, 3.8) is 0 Å². The monoisotopic (exact) mass is 198 g/mol. The fraction of sp³-hybridized carbons (Fsp3) is 1.00. The SMILES string of the molecule is CC(CN)C1(O)CCN2CCCC2C1. The maximum absolute atomic E-state index is 10.5. The minimum absolute atomic E-state index is 0.241. The van der Waals surface area contributed by atoms with E-state index in [-0.39, 0.29) is 5.92 Å². The molecule has 0 aromatic heterocycles. The van der Waals surface area contributed by atoms with E-state index in [1.54, 1.807) is 0 Å². The summed E-state index contributed by atoms with van der Waals surface area (Å²) >= 11 is 0. The predicted octanol–water partition coefficient (Wildman–Crippen LogP) is 0.570. The van der Waals surface area contributed by atoms with Crippen molar-refractivity contribution in [3.05, 3.63) is 0 Å². The molecule has 2 rings (SSSR count). The van der Waals surface area contributed by atoms with E-state index in [1.807, 2.05) is 0 Å². The van der Waals surface area contributed by atoms with Crippen molar-refractivity contribution in [1.82, 2.24) is 4.90 Å². The van der Waals surface area contributed by atoms with E-state index in [0.29, 0.717) is 12.6 Å². The highest BCUT2D eigenvalue weighted by Crippen LogP contribution is 2.36. The molecule has 0 spiro atoms. The van der Waals surface area contributed by atoms with Crippen LogP contribution in [0.2, 0.25) is 0 Å². The molecule has 14 heavy (non-hydrogen) atoms. The maximum Gasteiger partial charge on any atom is 0.0712 e. The Labute approximate surface area is 86.3 Å². The molecule has 3 heteroatoms. The van der Waals surface area contributed by atoms with Crippen LogP contribution in [0.15, 0.2) is 0 Å². The van der Waals surface area contributed by atoms with Crippen LogP contribution in [0.25, 0.3) is 0 Å². The van der Waals surface area contributed by atoms with Crippen LogP contribution in [0.4, 0.5) is 0 Å². The van der Waals surface area contributed by atoms with Gasteiger partial charge in [-0.2, -0.15) is 0 Å². The highest BCUT2D eigenvalue weighted by atomic mass is 16.3. The quantitative estimate of drug-likeness (QED) is 0.682. The number of rotatable bonds is 2. The van der Waals surface area contributed by atoms with Crippen molar-refractivity contribution >= 4 is 0 Å². The van der Waals surface area contributed by atoms with Crippen LogP contribution in [-0.2, 0) is 0 Å². The molecule has 0 aliphatic carbocycles. The molecule has 2 aliphatic heterocycles. The van der Waals surface area contributed by atoms with Crippen molar-refractivity contribution in [3.8, 4) is 0 Å². The Balaban J connectivity index is 2.02. The lowest BCUT2D eigenvalue weighted by atomic mass is 9.77. The molecule has 2 fully saturated rings. The first-order valence-corrected chi connectivity index (χ1v) is 5.82. The topological polar surface area (TPSA) is 49.5 Å². The second-order valence-corrected chi connectivity index (χ2v) is 5.03. The summed E-state index contributed by atoms with van der Waals surface area (Å²) in [6.07, 6.45) is 4.41. The summed E-state index contributed by atoms with van der Waals surface area (Å²) in [4.78, 5) is 2.53. The predicted molar refractivity (Wildman–Crippen MR) is 57.0 cm³/mol. The fourth-order valence-electron chi connectivity index (χ4n) is 2.93. The number of nitrogens with two attached hydrogens (primary N) is 1.